The third-order valence-electron chi connectivity index (χ3n) is 1.59. The molecule has 1 aromatic carbocycles. The van der Waals surface area contributed by atoms with Gasteiger partial charge in [-0.1, -0.05) is 12.1 Å². The van der Waals surface area contributed by atoms with Gasteiger partial charge in [0, 0.05) is 12.1 Å². The second-order valence-electron chi connectivity index (χ2n) is 2.67. The zero-order chi connectivity index (χ0) is 8.97. The van der Waals surface area contributed by atoms with Crippen LogP contribution in [-0.4, -0.2) is 5.71 Å². The molecule has 2 nitrogen and oxygen atoms in total. The molecule has 2 N–H and O–H groups in total. The highest BCUT2D eigenvalue weighted by molar-refractivity contribution is 5.83. The lowest BCUT2D eigenvalue weighted by Gasteiger charge is -1.98. The maximum Gasteiger partial charge on any atom is 0.123 e. The van der Waals surface area contributed by atoms with Crippen LogP contribution in [0.5, 0.6) is 0 Å². The van der Waals surface area contributed by atoms with Crippen LogP contribution < -0.4 is 5.84 Å². The smallest absolute Gasteiger partial charge is 0.123 e. The lowest BCUT2D eigenvalue weighted by atomic mass is 10.1. The van der Waals surface area contributed by atoms with Gasteiger partial charge in [0.2, 0.25) is 0 Å². The number of hydrazone groups is 1. The van der Waals surface area contributed by atoms with E-state index >= 15 is 0 Å². The van der Waals surface area contributed by atoms with Crippen LogP contribution in [0.1, 0.15) is 12.5 Å². The maximum absolute atomic E-state index is 12.5. The molecule has 0 bridgehead atoms. The van der Waals surface area contributed by atoms with E-state index in [1.807, 2.05) is 6.92 Å². The van der Waals surface area contributed by atoms with Gasteiger partial charge in [-0.3, -0.25) is 0 Å². The Balaban J connectivity index is 2.71. The summed E-state index contributed by atoms with van der Waals surface area (Å²) >= 11 is 0. The van der Waals surface area contributed by atoms with E-state index in [0.717, 1.165) is 11.3 Å². The van der Waals surface area contributed by atoms with Crippen LogP contribution in [0.2, 0.25) is 0 Å². The van der Waals surface area contributed by atoms with Crippen molar-refractivity contribution in [2.45, 2.75) is 13.3 Å². The average molecular weight is 166 g/mol. The van der Waals surface area contributed by atoms with E-state index in [4.69, 9.17) is 5.84 Å². The van der Waals surface area contributed by atoms with E-state index < -0.39 is 0 Å². The van der Waals surface area contributed by atoms with Gasteiger partial charge >= 0.3 is 0 Å². The zero-order valence-corrected chi connectivity index (χ0v) is 6.92. The van der Waals surface area contributed by atoms with Crippen molar-refractivity contribution in [3.63, 3.8) is 0 Å². The molecule has 0 saturated heterocycles. The van der Waals surface area contributed by atoms with Crippen molar-refractivity contribution in [1.82, 2.24) is 0 Å². The van der Waals surface area contributed by atoms with Crippen LogP contribution in [-0.2, 0) is 6.42 Å². The molecule has 0 aliphatic heterocycles. The van der Waals surface area contributed by atoms with Crippen LogP contribution in [0.3, 0.4) is 0 Å². The molecular weight excluding hydrogens is 155 g/mol. The molecule has 1 rings (SSSR count). The van der Waals surface area contributed by atoms with Crippen LogP contribution >= 0.6 is 0 Å². The van der Waals surface area contributed by atoms with Crippen LogP contribution in [0, 0.1) is 5.82 Å². The molecule has 12 heavy (non-hydrogen) atoms. The number of halogens is 1. The molecule has 64 valence electrons. The van der Waals surface area contributed by atoms with Crippen molar-refractivity contribution in [3.05, 3.63) is 35.6 Å². The minimum absolute atomic E-state index is 0.221. The fourth-order valence-electron chi connectivity index (χ4n) is 0.943. The predicted molar refractivity (Wildman–Crippen MR) is 47.4 cm³/mol. The third kappa shape index (κ3) is 2.34. The van der Waals surface area contributed by atoms with Crippen molar-refractivity contribution in [3.8, 4) is 0 Å². The summed E-state index contributed by atoms with van der Waals surface area (Å²) in [5, 5.41) is 3.53. The second kappa shape index (κ2) is 3.85. The van der Waals surface area contributed by atoms with Crippen molar-refractivity contribution < 1.29 is 4.39 Å². The molecule has 0 fully saturated rings. The number of rotatable bonds is 2. The van der Waals surface area contributed by atoms with Gasteiger partial charge in [-0.2, -0.15) is 5.10 Å². The molecule has 1 aromatic rings. The van der Waals surface area contributed by atoms with Gasteiger partial charge in [0.25, 0.3) is 0 Å². The van der Waals surface area contributed by atoms with Gasteiger partial charge in [0.1, 0.15) is 5.82 Å². The summed E-state index contributed by atoms with van der Waals surface area (Å²) in [6.45, 7) is 1.84. The lowest BCUT2D eigenvalue weighted by molar-refractivity contribution is 0.627. The Hall–Kier alpha value is -1.38. The number of benzene rings is 1. The standard InChI is InChI=1S/C9H11FN2/c1-7(12-11)6-8-2-4-9(10)5-3-8/h2-5H,6,11H2,1H3/b12-7-. The average Bonchev–Trinajstić information content (AvgIpc) is 2.09. The summed E-state index contributed by atoms with van der Waals surface area (Å²) in [7, 11) is 0. The first-order valence-electron chi connectivity index (χ1n) is 3.70. The summed E-state index contributed by atoms with van der Waals surface area (Å²) in [4.78, 5) is 0. The molecule has 0 heterocycles. The fourth-order valence-corrected chi connectivity index (χ4v) is 0.943. The zero-order valence-electron chi connectivity index (χ0n) is 6.92. The van der Waals surface area contributed by atoms with Crippen molar-refractivity contribution in [2.75, 3.05) is 0 Å². The Kier molecular flexibility index (Phi) is 2.80. The Morgan fingerprint density at radius 1 is 1.42 bits per heavy atom. The Labute approximate surface area is 70.9 Å². The van der Waals surface area contributed by atoms with E-state index in [-0.39, 0.29) is 5.82 Å². The van der Waals surface area contributed by atoms with Crippen LogP contribution in [0.15, 0.2) is 29.4 Å². The van der Waals surface area contributed by atoms with Gasteiger partial charge < -0.3 is 5.84 Å². The first-order valence-corrected chi connectivity index (χ1v) is 3.70. The Morgan fingerprint density at radius 2 is 2.00 bits per heavy atom. The summed E-state index contributed by atoms with van der Waals surface area (Å²) in [5.74, 6) is 4.84. The summed E-state index contributed by atoms with van der Waals surface area (Å²) in [6.07, 6.45) is 0.677. The molecular formula is C9H11FN2. The number of hydrogen-bond acceptors (Lipinski definition) is 2. The highest BCUT2D eigenvalue weighted by Gasteiger charge is 1.95. The second-order valence-corrected chi connectivity index (χ2v) is 2.67. The lowest BCUT2D eigenvalue weighted by Crippen LogP contribution is -2.00. The Bertz CT molecular complexity index is 277. The molecule has 0 unspecified atom stereocenters. The highest BCUT2D eigenvalue weighted by atomic mass is 19.1. The Morgan fingerprint density at radius 3 is 2.50 bits per heavy atom. The van der Waals surface area contributed by atoms with Gasteiger partial charge in [0.15, 0.2) is 0 Å². The van der Waals surface area contributed by atoms with Crippen molar-refractivity contribution in [1.29, 1.82) is 0 Å². The molecule has 3 heteroatoms. The molecule has 0 aliphatic carbocycles. The molecule has 0 aliphatic rings. The molecule has 0 atom stereocenters. The minimum atomic E-state index is -0.221. The van der Waals surface area contributed by atoms with Crippen molar-refractivity contribution in [2.24, 2.45) is 10.9 Å². The fraction of sp³-hybridized carbons (Fsp3) is 0.222. The molecule has 0 aromatic heterocycles. The van der Waals surface area contributed by atoms with Gasteiger partial charge in [0.05, 0.1) is 0 Å². The number of hydrogen-bond donors (Lipinski definition) is 1. The molecule has 0 spiro atoms. The quantitative estimate of drug-likeness (QED) is 0.405. The molecule has 0 radical (unpaired) electrons. The minimum Gasteiger partial charge on any atom is -0.323 e. The predicted octanol–water partition coefficient (Wildman–Crippen LogP) is 1.70. The number of nitrogens with two attached hydrogens (primary N) is 1. The van der Waals surface area contributed by atoms with E-state index in [1.165, 1.54) is 12.1 Å². The van der Waals surface area contributed by atoms with Crippen LogP contribution in [0.25, 0.3) is 0 Å². The third-order valence-corrected chi connectivity index (χ3v) is 1.59. The normalized spacial score (nSPS) is 11.7. The van der Waals surface area contributed by atoms with Crippen LogP contribution in [0.4, 0.5) is 4.39 Å². The number of nitrogens with zero attached hydrogens (tertiary/aromatic N) is 1. The first kappa shape index (κ1) is 8.71. The summed E-state index contributed by atoms with van der Waals surface area (Å²) in [5.41, 5.74) is 1.85. The first-order chi connectivity index (χ1) is 5.72. The van der Waals surface area contributed by atoms with Gasteiger partial charge in [-0.15, -0.1) is 0 Å². The monoisotopic (exact) mass is 166 g/mol. The SMILES string of the molecule is C/C(Cc1ccc(F)cc1)=N/N. The topological polar surface area (TPSA) is 38.4 Å². The van der Waals surface area contributed by atoms with Gasteiger partial charge in [-0.25, -0.2) is 4.39 Å². The van der Waals surface area contributed by atoms with Crippen molar-refractivity contribution >= 4 is 5.71 Å². The molecule has 0 saturated carbocycles. The van der Waals surface area contributed by atoms with E-state index in [1.54, 1.807) is 12.1 Å². The van der Waals surface area contributed by atoms with E-state index in [9.17, 15) is 4.39 Å². The highest BCUT2D eigenvalue weighted by Crippen LogP contribution is 2.03. The largest absolute Gasteiger partial charge is 0.323 e. The summed E-state index contributed by atoms with van der Waals surface area (Å²) < 4.78 is 12.5. The molecule has 0 amide bonds. The summed E-state index contributed by atoms with van der Waals surface area (Å²) in [6, 6.07) is 6.31. The van der Waals surface area contributed by atoms with Gasteiger partial charge in [-0.05, 0) is 24.6 Å². The maximum atomic E-state index is 12.5. The van der Waals surface area contributed by atoms with E-state index in [2.05, 4.69) is 5.10 Å². The van der Waals surface area contributed by atoms with E-state index in [0.29, 0.717) is 6.42 Å².